The Bertz CT molecular complexity index is 1300. The Morgan fingerprint density at radius 2 is 1.85 bits per heavy atom. The molecule has 2 heterocycles. The first-order valence-corrected chi connectivity index (χ1v) is 11.9. The van der Waals surface area contributed by atoms with Crippen LogP contribution in [0.3, 0.4) is 0 Å². The number of pyridine rings is 1. The largest absolute Gasteiger partial charge is 0.441 e. The van der Waals surface area contributed by atoms with Gasteiger partial charge in [0, 0.05) is 35.0 Å². The zero-order valence-electron chi connectivity index (χ0n) is 18.8. The molecule has 0 radical (unpaired) electrons. The first kappa shape index (κ1) is 22.6. The molecule has 6 nitrogen and oxygen atoms in total. The van der Waals surface area contributed by atoms with Gasteiger partial charge in [0.15, 0.2) is 0 Å². The second-order valence-corrected chi connectivity index (χ2v) is 9.32. The van der Waals surface area contributed by atoms with Gasteiger partial charge in [0.2, 0.25) is 5.89 Å². The molecule has 0 bridgehead atoms. The normalized spacial score (nSPS) is 11.8. The van der Waals surface area contributed by atoms with Gasteiger partial charge >= 0.3 is 0 Å². The van der Waals surface area contributed by atoms with Crippen molar-refractivity contribution in [3.05, 3.63) is 101 Å². The minimum absolute atomic E-state index is 0.168. The third-order valence-corrected chi connectivity index (χ3v) is 6.79. The molecule has 1 atom stereocenters. The second-order valence-electron chi connectivity index (χ2n) is 7.90. The molecule has 0 saturated heterocycles. The molecule has 2 aromatic heterocycles. The van der Waals surface area contributed by atoms with Gasteiger partial charge in [0.05, 0.1) is 22.2 Å². The highest BCUT2D eigenvalue weighted by atomic mass is 32.2. The summed E-state index contributed by atoms with van der Waals surface area (Å²) in [7, 11) is -1.22. The molecular formula is C26H25N3O3S. The molecule has 0 aliphatic carbocycles. The third kappa shape index (κ3) is 5.43. The summed E-state index contributed by atoms with van der Waals surface area (Å²) in [6, 6.07) is 16.7. The molecule has 7 heteroatoms. The van der Waals surface area contributed by atoms with Gasteiger partial charge in [-0.05, 0) is 68.3 Å². The zero-order valence-corrected chi connectivity index (χ0v) is 19.6. The van der Waals surface area contributed by atoms with E-state index in [1.54, 1.807) is 36.7 Å². The smallest absolute Gasteiger partial charge is 0.251 e. The Morgan fingerprint density at radius 1 is 1.06 bits per heavy atom. The van der Waals surface area contributed by atoms with E-state index in [1.807, 2.05) is 51.1 Å². The van der Waals surface area contributed by atoms with Crippen LogP contribution in [0.25, 0.3) is 11.5 Å². The molecule has 1 N–H and O–H groups in total. The van der Waals surface area contributed by atoms with Crippen LogP contribution in [-0.2, 0) is 23.1 Å². The van der Waals surface area contributed by atoms with E-state index >= 15 is 0 Å². The number of oxazole rings is 1. The molecule has 0 spiro atoms. The highest BCUT2D eigenvalue weighted by Crippen LogP contribution is 2.25. The number of nitrogens with zero attached hydrogens (tertiary/aromatic N) is 2. The Morgan fingerprint density at radius 3 is 2.55 bits per heavy atom. The number of rotatable bonds is 7. The maximum absolute atomic E-state index is 12.9. The Labute approximate surface area is 195 Å². The fourth-order valence-corrected chi connectivity index (χ4v) is 4.80. The summed E-state index contributed by atoms with van der Waals surface area (Å²) in [4.78, 5) is 21.9. The maximum Gasteiger partial charge on any atom is 0.251 e. The fraction of sp³-hybridized carbons (Fsp3) is 0.192. The predicted octanol–water partition coefficient (Wildman–Crippen LogP) is 4.90. The van der Waals surface area contributed by atoms with Gasteiger partial charge in [-0.3, -0.25) is 14.0 Å². The van der Waals surface area contributed by atoms with Crippen LogP contribution in [0, 0.1) is 20.8 Å². The maximum atomic E-state index is 12.9. The number of hydrogen-bond acceptors (Lipinski definition) is 5. The van der Waals surface area contributed by atoms with E-state index in [9.17, 15) is 9.00 Å². The number of aryl methyl sites for hydroxylation is 3. The molecule has 168 valence electrons. The standard InChI is InChI=1S/C26H25N3O3S/c1-17-6-11-24(18(2)13-17)33(31)16-23-19(3)32-26(29-23)22-9-7-21(8-10-22)25(30)28-15-20-5-4-12-27-14-20/h4-14H,15-16H2,1-3H3,(H,28,30). The average Bonchev–Trinajstić information content (AvgIpc) is 3.18. The van der Waals surface area contributed by atoms with Gasteiger partial charge in [-0.1, -0.05) is 23.8 Å². The highest BCUT2D eigenvalue weighted by Gasteiger charge is 2.17. The van der Waals surface area contributed by atoms with Gasteiger partial charge in [-0.15, -0.1) is 0 Å². The second kappa shape index (κ2) is 9.92. The molecule has 0 saturated carbocycles. The van der Waals surface area contributed by atoms with Crippen LogP contribution in [0.1, 0.15) is 38.5 Å². The summed E-state index contributed by atoms with van der Waals surface area (Å²) in [5.74, 6) is 1.20. The van der Waals surface area contributed by atoms with Crippen molar-refractivity contribution in [2.75, 3.05) is 0 Å². The van der Waals surface area contributed by atoms with Crippen molar-refractivity contribution >= 4 is 16.7 Å². The lowest BCUT2D eigenvalue weighted by Crippen LogP contribution is -2.22. The molecule has 2 aromatic carbocycles. The number of hydrogen-bond donors (Lipinski definition) is 1. The van der Waals surface area contributed by atoms with E-state index in [4.69, 9.17) is 4.42 Å². The molecule has 4 aromatic rings. The van der Waals surface area contributed by atoms with Gasteiger partial charge < -0.3 is 9.73 Å². The molecule has 0 aliphatic heterocycles. The van der Waals surface area contributed by atoms with Crippen LogP contribution < -0.4 is 5.32 Å². The number of carbonyl (C=O) groups is 1. The van der Waals surface area contributed by atoms with Crippen molar-refractivity contribution in [2.45, 2.75) is 38.0 Å². The summed E-state index contributed by atoms with van der Waals surface area (Å²) < 4.78 is 18.7. The van der Waals surface area contributed by atoms with E-state index in [-0.39, 0.29) is 11.7 Å². The molecule has 0 aliphatic rings. The Kier molecular flexibility index (Phi) is 6.79. The van der Waals surface area contributed by atoms with E-state index in [1.165, 1.54) is 0 Å². The van der Waals surface area contributed by atoms with Crippen LogP contribution in [0.15, 0.2) is 76.3 Å². The number of aromatic nitrogens is 2. The van der Waals surface area contributed by atoms with Crippen molar-refractivity contribution < 1.29 is 13.4 Å². The van der Waals surface area contributed by atoms with Gasteiger partial charge in [-0.2, -0.15) is 0 Å². The molecule has 1 unspecified atom stereocenters. The van der Waals surface area contributed by atoms with E-state index in [0.29, 0.717) is 29.5 Å². The van der Waals surface area contributed by atoms with Crippen LogP contribution in [-0.4, -0.2) is 20.1 Å². The monoisotopic (exact) mass is 459 g/mol. The molecular weight excluding hydrogens is 434 g/mol. The van der Waals surface area contributed by atoms with Crippen LogP contribution in [0.4, 0.5) is 0 Å². The topological polar surface area (TPSA) is 85.1 Å². The van der Waals surface area contributed by atoms with Gasteiger partial charge in [0.25, 0.3) is 5.91 Å². The molecule has 1 amide bonds. The van der Waals surface area contributed by atoms with Crippen LogP contribution >= 0.6 is 0 Å². The summed E-state index contributed by atoms with van der Waals surface area (Å²) in [6.07, 6.45) is 3.42. The Balaban J connectivity index is 1.44. The molecule has 0 fully saturated rings. The SMILES string of the molecule is Cc1ccc(S(=O)Cc2nc(-c3ccc(C(=O)NCc4cccnc4)cc3)oc2C)c(C)c1. The lowest BCUT2D eigenvalue weighted by atomic mass is 10.1. The minimum Gasteiger partial charge on any atom is -0.441 e. The summed E-state index contributed by atoms with van der Waals surface area (Å²) in [6.45, 7) is 6.22. The Hall–Kier alpha value is -3.58. The van der Waals surface area contributed by atoms with E-state index in [2.05, 4.69) is 15.3 Å². The average molecular weight is 460 g/mol. The van der Waals surface area contributed by atoms with Crippen molar-refractivity contribution in [1.29, 1.82) is 0 Å². The highest BCUT2D eigenvalue weighted by molar-refractivity contribution is 7.84. The van der Waals surface area contributed by atoms with Crippen molar-refractivity contribution in [3.8, 4) is 11.5 Å². The van der Waals surface area contributed by atoms with E-state index in [0.717, 1.165) is 27.1 Å². The predicted molar refractivity (Wildman–Crippen MR) is 128 cm³/mol. The first-order valence-electron chi connectivity index (χ1n) is 10.6. The summed E-state index contributed by atoms with van der Waals surface area (Å²) in [5.41, 5.74) is 5.05. The zero-order chi connectivity index (χ0) is 23.4. The fourth-order valence-electron chi connectivity index (χ4n) is 3.49. The lowest BCUT2D eigenvalue weighted by Gasteiger charge is -2.06. The number of benzene rings is 2. The summed E-state index contributed by atoms with van der Waals surface area (Å²) in [5, 5.41) is 2.88. The van der Waals surface area contributed by atoms with E-state index < -0.39 is 10.8 Å². The first-order chi connectivity index (χ1) is 15.9. The summed E-state index contributed by atoms with van der Waals surface area (Å²) >= 11 is 0. The number of amides is 1. The number of carbonyl (C=O) groups excluding carboxylic acids is 1. The van der Waals surface area contributed by atoms with Crippen molar-refractivity contribution in [3.63, 3.8) is 0 Å². The lowest BCUT2D eigenvalue weighted by molar-refractivity contribution is 0.0951. The quantitative estimate of drug-likeness (QED) is 0.425. The van der Waals surface area contributed by atoms with Crippen molar-refractivity contribution in [2.24, 2.45) is 0 Å². The van der Waals surface area contributed by atoms with Gasteiger partial charge in [0.1, 0.15) is 5.76 Å². The van der Waals surface area contributed by atoms with Gasteiger partial charge in [-0.25, -0.2) is 4.98 Å². The minimum atomic E-state index is -1.22. The number of nitrogens with one attached hydrogen (secondary N) is 1. The molecule has 33 heavy (non-hydrogen) atoms. The van der Waals surface area contributed by atoms with Crippen LogP contribution in [0.2, 0.25) is 0 Å². The van der Waals surface area contributed by atoms with Crippen LogP contribution in [0.5, 0.6) is 0 Å². The van der Waals surface area contributed by atoms with Crippen molar-refractivity contribution in [1.82, 2.24) is 15.3 Å². The molecule has 4 rings (SSSR count). The third-order valence-electron chi connectivity index (χ3n) is 5.31.